The fourth-order valence-electron chi connectivity index (χ4n) is 4.12. The van der Waals surface area contributed by atoms with E-state index in [9.17, 15) is 5.11 Å². The van der Waals surface area contributed by atoms with E-state index >= 15 is 0 Å². The van der Waals surface area contributed by atoms with Crippen LogP contribution in [0.25, 0.3) is 16.0 Å². The monoisotopic (exact) mass is 451 g/mol. The van der Waals surface area contributed by atoms with Gasteiger partial charge in [-0.3, -0.25) is 0 Å². The van der Waals surface area contributed by atoms with E-state index in [-0.39, 0.29) is 12.6 Å². The Labute approximate surface area is 189 Å². The summed E-state index contributed by atoms with van der Waals surface area (Å²) < 4.78 is 7.44. The first-order valence-corrected chi connectivity index (χ1v) is 11.4. The fourth-order valence-corrected chi connectivity index (χ4v) is 4.77. The minimum atomic E-state index is 0.0571. The summed E-state index contributed by atoms with van der Waals surface area (Å²) >= 11 is 1.47. The summed E-state index contributed by atoms with van der Waals surface area (Å²) in [5, 5.41) is 13.0. The molecule has 3 aromatic heterocycles. The third kappa shape index (κ3) is 3.65. The van der Waals surface area contributed by atoms with E-state index in [1.807, 2.05) is 23.8 Å². The summed E-state index contributed by atoms with van der Waals surface area (Å²) in [6.45, 7) is 5.06. The molecule has 0 radical (unpaired) electrons. The third-order valence-corrected chi connectivity index (χ3v) is 6.70. The number of ether oxygens (including phenoxy) is 1. The first-order valence-electron chi connectivity index (χ1n) is 10.5. The molecule has 1 aromatic carbocycles. The van der Waals surface area contributed by atoms with E-state index in [2.05, 4.69) is 38.2 Å². The summed E-state index contributed by atoms with van der Waals surface area (Å²) in [7, 11) is 1.68. The van der Waals surface area contributed by atoms with Crippen LogP contribution in [0.2, 0.25) is 0 Å². The highest BCUT2D eigenvalue weighted by atomic mass is 32.1. The van der Waals surface area contributed by atoms with Gasteiger partial charge in [-0.1, -0.05) is 0 Å². The molecule has 1 fully saturated rings. The van der Waals surface area contributed by atoms with Gasteiger partial charge in [0, 0.05) is 12.6 Å². The van der Waals surface area contributed by atoms with Crippen LogP contribution >= 0.6 is 11.3 Å². The molecule has 4 aromatic rings. The molecule has 4 heterocycles. The first-order chi connectivity index (χ1) is 15.6. The Morgan fingerprint density at radius 2 is 2.12 bits per heavy atom. The molecule has 9 nitrogen and oxygen atoms in total. The molecule has 1 aliphatic rings. The highest BCUT2D eigenvalue weighted by Gasteiger charge is 2.28. The number of aryl methyl sites for hydroxylation is 1. The standard InChI is InChI=1S/C22H25N7O2S/c1-13-7-16(8-17(31-3)14(13)2)28-9-18(23-11-28)25-22-26-20(19-21(27-22)32-12-24-19)29-6-4-5-15(29)10-30/h7-9,11-12,15,30H,4-6,10H2,1-3H3,(H,25,26,27)/t15-/m0/s1. The molecule has 0 spiro atoms. The number of methoxy groups -OCH3 is 1. The minimum absolute atomic E-state index is 0.0571. The molecule has 2 N–H and O–H groups in total. The first kappa shape index (κ1) is 20.7. The molecule has 0 bridgehead atoms. The Morgan fingerprint density at radius 1 is 1.25 bits per heavy atom. The van der Waals surface area contributed by atoms with E-state index < -0.39 is 0 Å². The second-order valence-corrected chi connectivity index (χ2v) is 8.76. The zero-order chi connectivity index (χ0) is 22.2. The van der Waals surface area contributed by atoms with E-state index in [0.29, 0.717) is 11.8 Å². The number of benzene rings is 1. The highest BCUT2D eigenvalue weighted by molar-refractivity contribution is 7.16. The van der Waals surface area contributed by atoms with Gasteiger partial charge in [-0.25, -0.2) is 9.97 Å². The second-order valence-electron chi connectivity index (χ2n) is 7.93. The number of nitrogens with one attached hydrogen (secondary N) is 1. The van der Waals surface area contributed by atoms with E-state index in [1.165, 1.54) is 11.3 Å². The van der Waals surface area contributed by atoms with Crippen molar-refractivity contribution < 1.29 is 9.84 Å². The van der Waals surface area contributed by atoms with Crippen LogP contribution in [0.5, 0.6) is 5.75 Å². The molecule has 5 rings (SSSR count). The van der Waals surface area contributed by atoms with Crippen LogP contribution in [-0.2, 0) is 0 Å². The van der Waals surface area contributed by atoms with Gasteiger partial charge in [-0.05, 0) is 43.9 Å². The molecule has 1 aliphatic heterocycles. The summed E-state index contributed by atoms with van der Waals surface area (Å²) in [6, 6.07) is 4.15. The molecule has 0 aliphatic carbocycles. The lowest BCUT2D eigenvalue weighted by Crippen LogP contribution is -2.33. The zero-order valence-corrected chi connectivity index (χ0v) is 19.1. The Bertz CT molecular complexity index is 1270. The lowest BCUT2D eigenvalue weighted by Gasteiger charge is -2.24. The van der Waals surface area contributed by atoms with Crippen LogP contribution < -0.4 is 15.0 Å². The van der Waals surface area contributed by atoms with E-state index in [1.54, 1.807) is 18.9 Å². The molecular weight excluding hydrogens is 426 g/mol. The Morgan fingerprint density at radius 3 is 2.94 bits per heavy atom. The average Bonchev–Trinajstić information content (AvgIpc) is 3.55. The number of imidazole rings is 1. The molecule has 166 valence electrons. The number of hydrogen-bond acceptors (Lipinski definition) is 9. The van der Waals surface area contributed by atoms with Crippen LogP contribution in [0.4, 0.5) is 17.6 Å². The fraction of sp³-hybridized carbons (Fsp3) is 0.364. The molecule has 0 amide bonds. The van der Waals surface area contributed by atoms with Crippen LogP contribution in [-0.4, -0.2) is 55.9 Å². The Balaban J connectivity index is 1.46. The van der Waals surface area contributed by atoms with Crippen molar-refractivity contribution in [3.05, 3.63) is 41.3 Å². The van der Waals surface area contributed by atoms with Crippen LogP contribution in [0.3, 0.4) is 0 Å². The number of thiazole rings is 1. The molecule has 32 heavy (non-hydrogen) atoms. The van der Waals surface area contributed by atoms with Crippen molar-refractivity contribution in [3.63, 3.8) is 0 Å². The largest absolute Gasteiger partial charge is 0.496 e. The van der Waals surface area contributed by atoms with E-state index in [0.717, 1.165) is 58.1 Å². The number of aliphatic hydroxyl groups excluding tert-OH is 1. The minimum Gasteiger partial charge on any atom is -0.496 e. The summed E-state index contributed by atoms with van der Waals surface area (Å²) in [5.41, 5.74) is 5.78. The van der Waals surface area contributed by atoms with Gasteiger partial charge in [0.25, 0.3) is 0 Å². The van der Waals surface area contributed by atoms with Gasteiger partial charge in [0.2, 0.25) is 5.95 Å². The lowest BCUT2D eigenvalue weighted by atomic mass is 10.1. The van der Waals surface area contributed by atoms with E-state index in [4.69, 9.17) is 9.72 Å². The van der Waals surface area contributed by atoms with Crippen molar-refractivity contribution >= 4 is 39.3 Å². The maximum Gasteiger partial charge on any atom is 0.231 e. The zero-order valence-electron chi connectivity index (χ0n) is 18.2. The summed E-state index contributed by atoms with van der Waals surface area (Å²) in [6.07, 6.45) is 5.61. The number of aliphatic hydroxyl groups is 1. The summed E-state index contributed by atoms with van der Waals surface area (Å²) in [5.74, 6) is 2.70. The number of hydrogen-bond donors (Lipinski definition) is 2. The molecular formula is C22H25N7O2S. The topological polar surface area (TPSA) is 101 Å². The van der Waals surface area contributed by atoms with Gasteiger partial charge >= 0.3 is 0 Å². The molecule has 0 saturated carbocycles. The number of aromatic nitrogens is 5. The predicted octanol–water partition coefficient (Wildman–Crippen LogP) is 3.60. The maximum atomic E-state index is 9.77. The van der Waals surface area contributed by atoms with Gasteiger partial charge < -0.3 is 24.6 Å². The average molecular weight is 452 g/mol. The number of anilines is 3. The number of nitrogens with zero attached hydrogens (tertiary/aromatic N) is 6. The molecule has 1 atom stereocenters. The van der Waals surface area contributed by atoms with Crippen molar-refractivity contribution in [2.24, 2.45) is 0 Å². The maximum absolute atomic E-state index is 9.77. The quantitative estimate of drug-likeness (QED) is 0.459. The second kappa shape index (κ2) is 8.36. The van der Waals surface area contributed by atoms with Crippen molar-refractivity contribution in [1.82, 2.24) is 24.5 Å². The van der Waals surface area contributed by atoms with Crippen molar-refractivity contribution in [3.8, 4) is 11.4 Å². The molecule has 1 saturated heterocycles. The van der Waals surface area contributed by atoms with Gasteiger partial charge in [0.1, 0.15) is 17.6 Å². The normalized spacial score (nSPS) is 16.1. The van der Waals surface area contributed by atoms with Gasteiger partial charge in [-0.15, -0.1) is 11.3 Å². The van der Waals surface area contributed by atoms with Crippen molar-refractivity contribution in [1.29, 1.82) is 0 Å². The third-order valence-electron chi connectivity index (χ3n) is 5.98. The van der Waals surface area contributed by atoms with Gasteiger partial charge in [0.05, 0.1) is 37.2 Å². The van der Waals surface area contributed by atoms with Crippen molar-refractivity contribution in [2.75, 3.05) is 30.5 Å². The molecule has 0 unspecified atom stereocenters. The number of fused-ring (bicyclic) bond motifs is 1. The van der Waals surface area contributed by atoms with Crippen LogP contribution in [0.15, 0.2) is 30.2 Å². The summed E-state index contributed by atoms with van der Waals surface area (Å²) in [4.78, 5) is 21.3. The SMILES string of the molecule is COc1cc(-n2cnc(Nc3nc(N4CCC[C@H]4CO)c4ncsc4n3)c2)cc(C)c1C. The van der Waals surface area contributed by atoms with Crippen LogP contribution in [0.1, 0.15) is 24.0 Å². The lowest BCUT2D eigenvalue weighted by molar-refractivity contribution is 0.266. The smallest absolute Gasteiger partial charge is 0.231 e. The Hall–Kier alpha value is -3.24. The van der Waals surface area contributed by atoms with Gasteiger partial charge in [0.15, 0.2) is 16.5 Å². The number of rotatable bonds is 6. The Kier molecular flexibility index (Phi) is 5.40. The van der Waals surface area contributed by atoms with Crippen LogP contribution in [0, 0.1) is 13.8 Å². The predicted molar refractivity (Wildman–Crippen MR) is 126 cm³/mol. The highest BCUT2D eigenvalue weighted by Crippen LogP contribution is 2.32. The molecule has 10 heteroatoms. The van der Waals surface area contributed by atoms with Gasteiger partial charge in [-0.2, -0.15) is 9.97 Å². The van der Waals surface area contributed by atoms with Crippen molar-refractivity contribution in [2.45, 2.75) is 32.7 Å².